The van der Waals surface area contributed by atoms with E-state index < -0.39 is 52.4 Å². The molecule has 27 heteroatoms. The van der Waals surface area contributed by atoms with Gasteiger partial charge in [0.1, 0.15) is 5.82 Å². The van der Waals surface area contributed by atoms with Gasteiger partial charge in [0, 0.05) is 14.6 Å². The summed E-state index contributed by atoms with van der Waals surface area (Å²) in [5.74, 6) is -0.134. The van der Waals surface area contributed by atoms with E-state index in [9.17, 15) is 27.8 Å². The van der Waals surface area contributed by atoms with Crippen molar-refractivity contribution in [3.8, 4) is 0 Å². The van der Waals surface area contributed by atoms with Crippen molar-refractivity contribution in [2.75, 3.05) is 37.1 Å². The monoisotopic (exact) mass is 804 g/mol. The van der Waals surface area contributed by atoms with Gasteiger partial charge in [0.25, 0.3) is 5.91 Å². The van der Waals surface area contributed by atoms with Crippen LogP contribution in [-0.2, 0) is 55.0 Å². The van der Waals surface area contributed by atoms with Crippen LogP contribution in [0, 0.1) is 11.8 Å². The normalized spacial score (nSPS) is 18.5. The van der Waals surface area contributed by atoms with Crippen LogP contribution < -0.4 is 32.7 Å². The molecular weight excluding hydrogens is 757 g/mol. The molecule has 4 rings (SSSR count). The molecule has 0 spiro atoms. The molecule has 4 atom stereocenters. The first-order chi connectivity index (χ1) is 24.8. The zero-order valence-corrected chi connectivity index (χ0v) is 31.0. The van der Waals surface area contributed by atoms with Gasteiger partial charge in [0.05, 0.1) is 6.33 Å². The number of nitrogens with zero attached hydrogens (tertiary/aromatic N) is 4. The molecule has 296 valence electrons. The number of aliphatic hydroxyl groups excluding tert-OH is 1. The van der Waals surface area contributed by atoms with Crippen molar-refractivity contribution in [3.63, 3.8) is 0 Å². The second kappa shape index (κ2) is 19.7. The molecule has 0 saturated heterocycles. The number of amides is 2. The number of fused-ring (bicyclic) bond motifs is 2. The van der Waals surface area contributed by atoms with Gasteiger partial charge in [-0.2, -0.15) is 0 Å². The van der Waals surface area contributed by atoms with Gasteiger partial charge in [-0.05, 0) is 12.3 Å². The summed E-state index contributed by atoms with van der Waals surface area (Å²) < 4.78 is 68.8. The Morgan fingerprint density at radius 3 is 1.83 bits per heavy atom. The molecule has 0 bridgehead atoms. The van der Waals surface area contributed by atoms with Crippen molar-refractivity contribution in [2.24, 2.45) is 23.3 Å². The Hall–Kier alpha value is -3.21. The molecule has 0 fully saturated rings. The summed E-state index contributed by atoms with van der Waals surface area (Å²) in [6.45, 7) is -1.62. The molecule has 2 amide bonds. The number of aryl methyl sites for hydroxylation is 2. The van der Waals surface area contributed by atoms with E-state index in [1.54, 1.807) is 10.9 Å². The van der Waals surface area contributed by atoms with Crippen molar-refractivity contribution in [3.05, 3.63) is 24.0 Å². The first-order valence-electron chi connectivity index (χ1n) is 16.0. The number of ether oxygens (including phenoxy) is 1. The number of nitrogens with two attached hydrogens (primary N) is 2. The molecule has 2 aliphatic rings. The number of carbonyl (C=O) groups excluding carboxylic acids is 2. The van der Waals surface area contributed by atoms with Crippen LogP contribution in [0.2, 0.25) is 0 Å². The van der Waals surface area contributed by atoms with E-state index in [-0.39, 0.29) is 45.1 Å². The third-order valence-corrected chi connectivity index (χ3v) is 17.7. The van der Waals surface area contributed by atoms with Gasteiger partial charge in [-0.15, -0.1) is 0 Å². The Kier molecular flexibility index (Phi) is 16.4. The predicted molar refractivity (Wildman–Crippen MR) is 182 cm³/mol. The van der Waals surface area contributed by atoms with Crippen LogP contribution in [0.4, 0.5) is 11.6 Å². The van der Waals surface area contributed by atoms with Gasteiger partial charge in [-0.3, -0.25) is 10.5 Å². The Labute approximate surface area is 299 Å². The van der Waals surface area contributed by atoms with E-state index in [1.807, 2.05) is 18.4 Å². The molecule has 0 aromatic carbocycles. The molecule has 2 aliphatic heterocycles. The second-order valence-electron chi connectivity index (χ2n) is 11.6. The van der Waals surface area contributed by atoms with Gasteiger partial charge in [0.2, 0.25) is 0 Å². The number of unbranched alkanes of at least 4 members (excludes halogenated alkanes) is 1. The SMILES string of the molecule is CCCCOCC(CCn1cnc2c1NC(N)NC2=O)COP(OO)(OOO)(P(=O)=O)P(=O)=O.CC[C@@H](CO)CCn1cnc2c1NC(N)NC2=O.[HH]. The fourth-order valence-electron chi connectivity index (χ4n) is 4.92. The zero-order valence-electron chi connectivity index (χ0n) is 28.4. The summed E-state index contributed by atoms with van der Waals surface area (Å²) in [5.41, 5.74) is 11.8. The van der Waals surface area contributed by atoms with Crippen LogP contribution >= 0.6 is 21.4 Å². The second-order valence-corrected chi connectivity index (χ2v) is 21.8. The molecule has 2 aromatic heterocycles. The maximum atomic E-state index is 12.0. The van der Waals surface area contributed by atoms with Gasteiger partial charge < -0.3 is 20.3 Å². The summed E-state index contributed by atoms with van der Waals surface area (Å²) >= 11 is 0. The van der Waals surface area contributed by atoms with E-state index in [1.165, 1.54) is 6.33 Å². The summed E-state index contributed by atoms with van der Waals surface area (Å²) in [5, 5.41) is 41.0. The molecule has 0 aliphatic carbocycles. The van der Waals surface area contributed by atoms with Crippen LogP contribution in [0.15, 0.2) is 12.7 Å². The van der Waals surface area contributed by atoms with Crippen LogP contribution in [0.1, 0.15) is 68.4 Å². The van der Waals surface area contributed by atoms with Gasteiger partial charge in [-0.25, -0.2) is 4.98 Å². The number of carbonyl (C=O) groups is 2. The molecule has 4 heterocycles. The fraction of sp³-hybridized carbons (Fsp3) is 0.680. The maximum Gasteiger partial charge on any atom is 0.276 e. The zero-order chi connectivity index (χ0) is 38.5. The predicted octanol–water partition coefficient (Wildman–Crippen LogP) is 2.44. The molecule has 3 unspecified atom stereocenters. The van der Waals surface area contributed by atoms with E-state index in [0.29, 0.717) is 30.5 Å². The van der Waals surface area contributed by atoms with Crippen LogP contribution in [-0.4, -0.2) is 85.5 Å². The van der Waals surface area contributed by atoms with Crippen LogP contribution in [0.25, 0.3) is 0 Å². The molecule has 52 heavy (non-hydrogen) atoms. The van der Waals surface area contributed by atoms with Gasteiger partial charge >= 0.3 is 193 Å². The third-order valence-electron chi connectivity index (χ3n) is 8.03. The molecule has 0 saturated carbocycles. The van der Waals surface area contributed by atoms with Crippen molar-refractivity contribution < 1.29 is 68.5 Å². The number of nitrogens with one attached hydrogen (secondary N) is 4. The van der Waals surface area contributed by atoms with Crippen LogP contribution in [0.5, 0.6) is 0 Å². The Morgan fingerprint density at radius 2 is 1.40 bits per heavy atom. The van der Waals surface area contributed by atoms with E-state index in [4.69, 9.17) is 36.3 Å². The molecule has 11 N–H and O–H groups in total. The number of imidazole rings is 2. The average Bonchev–Trinajstić information content (AvgIpc) is 3.71. The van der Waals surface area contributed by atoms with Crippen LogP contribution in [0.3, 0.4) is 0 Å². The molecule has 0 radical (unpaired) electrons. The third kappa shape index (κ3) is 10.1. The van der Waals surface area contributed by atoms with Crippen molar-refractivity contribution in [1.82, 2.24) is 29.7 Å². The molecule has 24 nitrogen and oxygen atoms in total. The Bertz CT molecular complexity index is 1620. The quantitative estimate of drug-likeness (QED) is 0.0378. The van der Waals surface area contributed by atoms with Crippen molar-refractivity contribution in [1.29, 1.82) is 0 Å². The summed E-state index contributed by atoms with van der Waals surface area (Å²) in [4.78, 5) is 31.7. The minimum absolute atomic E-state index is 0. The van der Waals surface area contributed by atoms with Crippen molar-refractivity contribution >= 4 is 44.8 Å². The van der Waals surface area contributed by atoms with E-state index >= 15 is 0 Å². The number of hydrogen-bond donors (Lipinski definition) is 9. The number of aromatic nitrogens is 4. The number of rotatable bonds is 21. The minimum atomic E-state index is -6.39. The minimum Gasteiger partial charge on any atom is -0.396 e. The smallest absolute Gasteiger partial charge is 0.276 e. The molecule has 2 aromatic rings. The van der Waals surface area contributed by atoms with Crippen molar-refractivity contribution in [2.45, 2.75) is 71.6 Å². The topological polar surface area (TPSA) is 345 Å². The number of anilines is 2. The van der Waals surface area contributed by atoms with E-state index in [2.05, 4.69) is 45.6 Å². The standard InChI is InChI=1S/C14H26N5O12P3.C11H19N5O2.H2/c1-2-3-6-27-7-10(8-28-34(30-22,31-29-21,32(23)24)33(25)26)4-5-19-9-16-11-12(19)17-14(15)18-13(11)20;1-2-7(5-17)3-4-16-6-13-8-9(16)14-11(12)15-10(8)18;/h9-10,14,17,21-22H,2-8,15H2,1H3,(H,18,20);6-7,11,14,17H,2-5,12H2,1H3,(H,15,18);1H/t;7-,11?;/m.1./s1. The molecular formula is C25H47N10O14P3. The number of hydrogen-bond acceptors (Lipinski definition) is 20. The Balaban J connectivity index is 0.000000429. The first-order valence-corrected chi connectivity index (χ1v) is 21.8. The van der Waals surface area contributed by atoms with E-state index in [0.717, 1.165) is 25.7 Å². The number of aliphatic hydroxyl groups is 1. The fourth-order valence-corrected chi connectivity index (χ4v) is 9.41. The average molecular weight is 805 g/mol. The first kappa shape index (κ1) is 43.2. The summed E-state index contributed by atoms with van der Waals surface area (Å²) in [7, 11) is -8.56. The van der Waals surface area contributed by atoms with Gasteiger partial charge in [-0.1, -0.05) is 13.3 Å². The summed E-state index contributed by atoms with van der Waals surface area (Å²) in [6.07, 6.45) is 5.13. The Morgan fingerprint density at radius 1 is 0.885 bits per heavy atom. The maximum absolute atomic E-state index is 12.0. The van der Waals surface area contributed by atoms with Gasteiger partial charge in [0.15, 0.2) is 12.0 Å². The largest absolute Gasteiger partial charge is 0.396 e. The summed E-state index contributed by atoms with van der Waals surface area (Å²) in [6, 6.07) is 0.